The Morgan fingerprint density at radius 2 is 2.13 bits per heavy atom. The van der Waals surface area contributed by atoms with Crippen LogP contribution in [0.4, 0.5) is 5.69 Å². The van der Waals surface area contributed by atoms with Gasteiger partial charge < -0.3 is 15.2 Å². The number of rotatable bonds is 5. The minimum atomic E-state index is 0.277. The van der Waals surface area contributed by atoms with E-state index < -0.39 is 0 Å². The largest absolute Gasteiger partial charge is 0.508 e. The number of phenols is 1. The van der Waals surface area contributed by atoms with E-state index in [1.165, 1.54) is 0 Å². The lowest BCUT2D eigenvalue weighted by Crippen LogP contribution is -2.08. The Hall–Kier alpha value is -2.02. The number of nitrogens with one attached hydrogen (secondary N) is 1. The summed E-state index contributed by atoms with van der Waals surface area (Å²) in [6.45, 7) is 0.503. The van der Waals surface area contributed by atoms with Crippen LogP contribution in [0.1, 0.15) is 12.0 Å². The quantitative estimate of drug-likeness (QED) is 0.556. The van der Waals surface area contributed by atoms with Crippen molar-refractivity contribution >= 4 is 28.3 Å². The van der Waals surface area contributed by atoms with Crippen molar-refractivity contribution in [2.75, 3.05) is 5.32 Å². The van der Waals surface area contributed by atoms with Crippen LogP contribution in [0.15, 0.2) is 66.6 Å². The lowest BCUT2D eigenvalue weighted by atomic mass is 10.2. The van der Waals surface area contributed by atoms with E-state index in [2.05, 4.69) is 39.0 Å². The van der Waals surface area contributed by atoms with E-state index in [-0.39, 0.29) is 5.75 Å². The maximum Gasteiger partial charge on any atom is 0.242 e. The second-order valence-corrected chi connectivity index (χ2v) is 6.78. The molecule has 5 heteroatoms. The van der Waals surface area contributed by atoms with Crippen LogP contribution in [0.25, 0.3) is 0 Å². The van der Waals surface area contributed by atoms with E-state index in [1.807, 2.05) is 36.4 Å². The number of aromatic nitrogens is 1. The summed E-state index contributed by atoms with van der Waals surface area (Å²) in [5, 5.41) is 13.1. The summed E-state index contributed by atoms with van der Waals surface area (Å²) < 4.78 is 6.38. The van der Waals surface area contributed by atoms with Gasteiger partial charge in [-0.05, 0) is 24.3 Å². The minimum absolute atomic E-state index is 0.277. The number of pyridine rings is 1. The van der Waals surface area contributed by atoms with Crippen LogP contribution in [0.3, 0.4) is 0 Å². The molecule has 0 aliphatic heterocycles. The molecule has 0 fully saturated rings. The Bertz CT molecular complexity index is 743. The van der Waals surface area contributed by atoms with E-state index >= 15 is 0 Å². The number of phenolic OH excluding ortho intramolecular Hbond substituents is 1. The fourth-order valence-corrected chi connectivity index (χ4v) is 2.94. The number of ether oxygens (including phenoxy) is 1. The third-order valence-electron chi connectivity index (χ3n) is 3.46. The zero-order chi connectivity index (χ0) is 16.1. The van der Waals surface area contributed by atoms with E-state index in [0.29, 0.717) is 16.3 Å². The van der Waals surface area contributed by atoms with Crippen LogP contribution in [0.5, 0.6) is 11.6 Å². The topological polar surface area (TPSA) is 54.4 Å². The van der Waals surface area contributed by atoms with Gasteiger partial charge in [-0.15, -0.1) is 0 Å². The first-order chi connectivity index (χ1) is 11.2. The summed E-state index contributed by atoms with van der Waals surface area (Å²) in [6.07, 6.45) is 8.68. The Labute approximate surface area is 149 Å². The summed E-state index contributed by atoms with van der Waals surface area (Å²) in [5.41, 5.74) is 1.63. The van der Waals surface area contributed by atoms with Gasteiger partial charge in [0.25, 0.3) is 0 Å². The molecule has 0 saturated carbocycles. The maximum absolute atomic E-state index is 9.84. The van der Waals surface area contributed by atoms with Gasteiger partial charge in [0.15, 0.2) is 0 Å². The number of nitrogens with zero attached hydrogens (tertiary/aromatic N) is 1. The van der Waals surface area contributed by atoms with Crippen molar-refractivity contribution in [2.24, 2.45) is 0 Å². The van der Waals surface area contributed by atoms with E-state index in [4.69, 9.17) is 4.74 Å². The Morgan fingerprint density at radius 1 is 1.26 bits per heavy atom. The van der Waals surface area contributed by atoms with Gasteiger partial charge in [0, 0.05) is 28.7 Å². The third kappa shape index (κ3) is 4.25. The molecule has 4 nitrogen and oxygen atoms in total. The first-order valence-corrected chi connectivity index (χ1v) is 8.62. The van der Waals surface area contributed by atoms with Gasteiger partial charge in [0.1, 0.15) is 11.5 Å². The Kier molecular flexibility index (Phi) is 5.17. The van der Waals surface area contributed by atoms with Gasteiger partial charge in [0.2, 0.25) is 5.88 Å². The molecule has 3 rings (SSSR count). The molecule has 2 aromatic rings. The highest BCUT2D eigenvalue weighted by Gasteiger charge is 2.13. The summed E-state index contributed by atoms with van der Waals surface area (Å²) in [6, 6.07) is 11.0. The molecular weight excluding hydrogens is 403 g/mol. The lowest BCUT2D eigenvalue weighted by molar-refractivity contribution is 0.392. The van der Waals surface area contributed by atoms with Crippen molar-refractivity contribution in [1.82, 2.24) is 4.98 Å². The highest BCUT2D eigenvalue weighted by molar-refractivity contribution is 14.1. The summed E-state index contributed by atoms with van der Waals surface area (Å²) in [4.78, 5) is 4.32. The van der Waals surface area contributed by atoms with Crippen molar-refractivity contribution in [1.29, 1.82) is 0 Å². The van der Waals surface area contributed by atoms with Crippen LogP contribution in [0.2, 0.25) is 0 Å². The Morgan fingerprint density at radius 3 is 2.96 bits per heavy atom. The van der Waals surface area contributed by atoms with Gasteiger partial charge in [-0.25, -0.2) is 4.98 Å². The van der Waals surface area contributed by atoms with Crippen molar-refractivity contribution in [3.05, 3.63) is 72.1 Å². The third-order valence-corrected chi connectivity index (χ3v) is 4.31. The summed E-state index contributed by atoms with van der Waals surface area (Å²) in [5.74, 6) is 1.73. The van der Waals surface area contributed by atoms with Gasteiger partial charge in [-0.1, -0.05) is 52.9 Å². The molecule has 1 aliphatic rings. The van der Waals surface area contributed by atoms with Crippen molar-refractivity contribution in [3.8, 4) is 11.6 Å². The molecule has 1 heterocycles. The van der Waals surface area contributed by atoms with E-state index in [9.17, 15) is 5.11 Å². The number of alkyl halides is 1. The van der Waals surface area contributed by atoms with Crippen LogP contribution >= 0.6 is 22.6 Å². The number of allylic oxidation sites excluding steroid dienone is 4. The summed E-state index contributed by atoms with van der Waals surface area (Å²) in [7, 11) is 0. The molecule has 1 aliphatic carbocycles. The standard InChI is InChI=1S/C18H17IN2O2/c19-14-6-3-7-15(11-14)23-18-16(8-4-10-20-18)21-12-13-5-1-2-9-17(13)22/h1-10,14,21-22H,11-12H2/t14-/m1/s1. The maximum atomic E-state index is 9.84. The number of hydrogen-bond acceptors (Lipinski definition) is 4. The first-order valence-electron chi connectivity index (χ1n) is 7.37. The number of benzene rings is 1. The molecular formula is C18H17IN2O2. The molecule has 0 bridgehead atoms. The number of para-hydroxylation sites is 1. The molecule has 118 valence electrons. The second-order valence-electron chi connectivity index (χ2n) is 5.18. The second kappa shape index (κ2) is 7.50. The van der Waals surface area contributed by atoms with Gasteiger partial charge in [-0.2, -0.15) is 0 Å². The van der Waals surface area contributed by atoms with E-state index in [1.54, 1.807) is 18.3 Å². The van der Waals surface area contributed by atoms with Crippen LogP contribution in [0, 0.1) is 0 Å². The van der Waals surface area contributed by atoms with Crippen molar-refractivity contribution in [3.63, 3.8) is 0 Å². The lowest BCUT2D eigenvalue weighted by Gasteiger charge is -2.16. The van der Waals surface area contributed by atoms with Gasteiger partial charge in [0.05, 0.1) is 5.69 Å². The number of anilines is 1. The zero-order valence-corrected chi connectivity index (χ0v) is 14.6. The normalized spacial score (nSPS) is 16.7. The molecule has 2 N–H and O–H groups in total. The fourth-order valence-electron chi connectivity index (χ4n) is 2.27. The molecule has 0 spiro atoms. The van der Waals surface area contributed by atoms with Crippen LogP contribution < -0.4 is 10.1 Å². The molecule has 1 atom stereocenters. The molecule has 1 aromatic heterocycles. The highest BCUT2D eigenvalue weighted by atomic mass is 127. The molecule has 0 radical (unpaired) electrons. The van der Waals surface area contributed by atoms with E-state index in [0.717, 1.165) is 23.4 Å². The van der Waals surface area contributed by atoms with Crippen molar-refractivity contribution < 1.29 is 9.84 Å². The zero-order valence-electron chi connectivity index (χ0n) is 12.4. The van der Waals surface area contributed by atoms with Crippen LogP contribution in [-0.4, -0.2) is 14.0 Å². The fraction of sp³-hybridized carbons (Fsp3) is 0.167. The molecule has 0 unspecified atom stereocenters. The van der Waals surface area contributed by atoms with Gasteiger partial charge in [-0.3, -0.25) is 0 Å². The average Bonchev–Trinajstić information content (AvgIpc) is 2.55. The average molecular weight is 420 g/mol. The predicted molar refractivity (Wildman–Crippen MR) is 99.9 cm³/mol. The molecule has 1 aromatic carbocycles. The monoisotopic (exact) mass is 420 g/mol. The molecule has 0 saturated heterocycles. The summed E-state index contributed by atoms with van der Waals surface area (Å²) >= 11 is 2.38. The smallest absolute Gasteiger partial charge is 0.242 e. The van der Waals surface area contributed by atoms with Crippen molar-refractivity contribution in [2.45, 2.75) is 16.9 Å². The number of hydrogen-bond donors (Lipinski definition) is 2. The SMILES string of the molecule is Oc1ccccc1CNc1cccnc1OC1=CC=C[C@@H](I)C1. The predicted octanol–water partition coefficient (Wildman–Crippen LogP) is 4.43. The molecule has 0 amide bonds. The highest BCUT2D eigenvalue weighted by Crippen LogP contribution is 2.28. The first kappa shape index (κ1) is 15.9. The number of aromatic hydroxyl groups is 1. The minimum Gasteiger partial charge on any atom is -0.508 e. The van der Waals surface area contributed by atoms with Crippen LogP contribution in [-0.2, 0) is 6.54 Å². The van der Waals surface area contributed by atoms with Gasteiger partial charge >= 0.3 is 0 Å². The Balaban J connectivity index is 1.72. The number of halogens is 1. The molecule has 23 heavy (non-hydrogen) atoms.